The standard InChI is InChI=1S/C17H15N5O/c1-10-6-8-11(9-7-10)14-19-16(18)21-17-20-15(23)12-4-2-3-5-13(12)22(14)17/h2-9,14H,1H3,(H3,18,19,20,21,23)/p+1/t14-/m1/s1. The smallest absolute Gasteiger partial charge is 0.357 e. The Morgan fingerprint density at radius 2 is 1.87 bits per heavy atom. The van der Waals surface area contributed by atoms with E-state index in [1.165, 1.54) is 5.56 Å². The van der Waals surface area contributed by atoms with E-state index in [-0.39, 0.29) is 17.7 Å². The fourth-order valence-electron chi connectivity index (χ4n) is 2.88. The van der Waals surface area contributed by atoms with E-state index in [9.17, 15) is 4.79 Å². The van der Waals surface area contributed by atoms with E-state index in [4.69, 9.17) is 5.73 Å². The minimum Gasteiger partial charge on any atom is -0.357 e. The number of fused-ring (bicyclic) bond motifs is 3. The third-order valence-electron chi connectivity index (χ3n) is 4.01. The molecular formula is C17H16N5O+. The molecule has 0 radical (unpaired) electrons. The monoisotopic (exact) mass is 306 g/mol. The van der Waals surface area contributed by atoms with Crippen molar-refractivity contribution in [1.29, 1.82) is 0 Å². The summed E-state index contributed by atoms with van der Waals surface area (Å²) < 4.78 is 1.96. The predicted octanol–water partition coefficient (Wildman–Crippen LogP) is 1.41. The van der Waals surface area contributed by atoms with Gasteiger partial charge >= 0.3 is 11.5 Å². The normalized spacial score (nSPS) is 16.6. The van der Waals surface area contributed by atoms with Crippen LogP contribution in [-0.4, -0.2) is 10.9 Å². The van der Waals surface area contributed by atoms with Gasteiger partial charge in [-0.1, -0.05) is 42.0 Å². The average Bonchev–Trinajstić information content (AvgIpc) is 2.55. The lowest BCUT2D eigenvalue weighted by atomic mass is 10.1. The molecule has 0 bridgehead atoms. The number of aliphatic imine (C=N–C) groups is 1. The molecule has 114 valence electrons. The first-order chi connectivity index (χ1) is 11.1. The number of anilines is 1. The summed E-state index contributed by atoms with van der Waals surface area (Å²) in [6.45, 7) is 2.04. The van der Waals surface area contributed by atoms with Gasteiger partial charge in [0.15, 0.2) is 0 Å². The Hall–Kier alpha value is -3.15. The molecule has 1 aliphatic heterocycles. The van der Waals surface area contributed by atoms with Crippen LogP contribution in [0.25, 0.3) is 10.9 Å². The molecule has 0 fully saturated rings. The molecule has 2 heterocycles. The van der Waals surface area contributed by atoms with Gasteiger partial charge in [-0.25, -0.2) is 14.9 Å². The summed E-state index contributed by atoms with van der Waals surface area (Å²) in [7, 11) is 0. The molecule has 0 amide bonds. The van der Waals surface area contributed by atoms with Crippen LogP contribution in [0.1, 0.15) is 17.3 Å². The van der Waals surface area contributed by atoms with Gasteiger partial charge in [0.05, 0.1) is 5.39 Å². The van der Waals surface area contributed by atoms with E-state index in [0.29, 0.717) is 11.3 Å². The molecule has 0 spiro atoms. The van der Waals surface area contributed by atoms with Crippen molar-refractivity contribution in [2.24, 2.45) is 10.7 Å². The molecule has 4 rings (SSSR count). The van der Waals surface area contributed by atoms with Crippen molar-refractivity contribution in [2.75, 3.05) is 5.32 Å². The number of H-pyrrole nitrogens is 1. The molecule has 6 heteroatoms. The molecule has 23 heavy (non-hydrogen) atoms. The Bertz CT molecular complexity index is 988. The van der Waals surface area contributed by atoms with E-state index in [2.05, 4.69) is 15.3 Å². The summed E-state index contributed by atoms with van der Waals surface area (Å²) in [6.07, 6.45) is -0.325. The fourth-order valence-corrected chi connectivity index (χ4v) is 2.88. The van der Waals surface area contributed by atoms with Gasteiger partial charge < -0.3 is 5.73 Å². The molecule has 3 aromatic rings. The maximum atomic E-state index is 12.3. The third kappa shape index (κ3) is 2.15. The number of aryl methyl sites for hydroxylation is 1. The Balaban J connectivity index is 2.03. The summed E-state index contributed by atoms with van der Waals surface area (Å²) in [5, 5.41) is 3.56. The predicted molar refractivity (Wildman–Crippen MR) is 89.3 cm³/mol. The summed E-state index contributed by atoms with van der Waals surface area (Å²) in [4.78, 5) is 19.6. The number of nitrogens with one attached hydrogen (secondary N) is 2. The molecule has 1 aliphatic rings. The highest BCUT2D eigenvalue weighted by atomic mass is 16.1. The topological polar surface area (TPSA) is 87.1 Å². The van der Waals surface area contributed by atoms with Crippen LogP contribution in [0, 0.1) is 6.92 Å². The van der Waals surface area contributed by atoms with Crippen LogP contribution in [-0.2, 0) is 0 Å². The van der Waals surface area contributed by atoms with Gasteiger partial charge in [-0.2, -0.15) is 4.99 Å². The average molecular weight is 306 g/mol. The van der Waals surface area contributed by atoms with E-state index in [0.717, 1.165) is 11.1 Å². The van der Waals surface area contributed by atoms with Crippen molar-refractivity contribution in [3.63, 3.8) is 0 Å². The summed E-state index contributed by atoms with van der Waals surface area (Å²) in [5.74, 6) is 0.813. The van der Waals surface area contributed by atoms with Gasteiger partial charge in [-0.3, -0.25) is 4.79 Å². The van der Waals surface area contributed by atoms with Crippen LogP contribution in [0.15, 0.2) is 58.3 Å². The molecule has 0 unspecified atom stereocenters. The van der Waals surface area contributed by atoms with E-state index >= 15 is 0 Å². The lowest BCUT2D eigenvalue weighted by Crippen LogP contribution is -2.51. The number of rotatable bonds is 1. The van der Waals surface area contributed by atoms with E-state index in [1.807, 2.05) is 54.0 Å². The van der Waals surface area contributed by atoms with Crippen LogP contribution >= 0.6 is 0 Å². The number of nitrogens with two attached hydrogens (primary N) is 1. The molecule has 4 N–H and O–H groups in total. The summed E-state index contributed by atoms with van der Waals surface area (Å²) >= 11 is 0. The van der Waals surface area contributed by atoms with E-state index < -0.39 is 0 Å². The van der Waals surface area contributed by atoms with Crippen molar-refractivity contribution in [2.45, 2.75) is 13.1 Å². The Labute approximate surface area is 132 Å². The van der Waals surface area contributed by atoms with Crippen molar-refractivity contribution < 1.29 is 4.57 Å². The van der Waals surface area contributed by atoms with Gasteiger partial charge in [0.1, 0.15) is 5.52 Å². The lowest BCUT2D eigenvalue weighted by Gasteiger charge is -2.21. The van der Waals surface area contributed by atoms with Crippen molar-refractivity contribution in [3.05, 3.63) is 70.0 Å². The van der Waals surface area contributed by atoms with Gasteiger partial charge in [0, 0.05) is 5.56 Å². The molecule has 1 aromatic heterocycles. The number of aromatic nitrogens is 2. The van der Waals surface area contributed by atoms with Crippen LogP contribution in [0.4, 0.5) is 5.95 Å². The highest BCUT2D eigenvalue weighted by molar-refractivity contribution is 5.91. The first kappa shape index (κ1) is 13.5. The van der Waals surface area contributed by atoms with Crippen LogP contribution in [0.3, 0.4) is 0 Å². The molecule has 0 saturated heterocycles. The highest BCUT2D eigenvalue weighted by Crippen LogP contribution is 2.21. The molecule has 0 aliphatic carbocycles. The molecular weight excluding hydrogens is 290 g/mol. The zero-order valence-electron chi connectivity index (χ0n) is 12.6. The first-order valence-electron chi connectivity index (χ1n) is 7.37. The number of guanidine groups is 1. The maximum Gasteiger partial charge on any atom is 0.367 e. The summed E-state index contributed by atoms with van der Waals surface area (Å²) in [5.41, 5.74) is 8.74. The quantitative estimate of drug-likeness (QED) is 0.594. The number of aromatic amines is 1. The van der Waals surface area contributed by atoms with Crippen molar-refractivity contribution in [1.82, 2.24) is 4.98 Å². The highest BCUT2D eigenvalue weighted by Gasteiger charge is 2.30. The number of para-hydroxylation sites is 1. The molecule has 6 nitrogen and oxygen atoms in total. The van der Waals surface area contributed by atoms with Gasteiger partial charge in [-0.15, -0.1) is 0 Å². The first-order valence-corrected chi connectivity index (χ1v) is 7.37. The van der Waals surface area contributed by atoms with Crippen LogP contribution in [0.5, 0.6) is 0 Å². The second-order valence-corrected chi connectivity index (χ2v) is 5.61. The second-order valence-electron chi connectivity index (χ2n) is 5.61. The Morgan fingerprint density at radius 3 is 2.65 bits per heavy atom. The number of benzene rings is 2. The Morgan fingerprint density at radius 1 is 1.13 bits per heavy atom. The fraction of sp³-hybridized carbons (Fsp3) is 0.118. The second kappa shape index (κ2) is 4.95. The van der Waals surface area contributed by atoms with Crippen LogP contribution < -0.4 is 21.2 Å². The Kier molecular flexibility index (Phi) is 2.90. The minimum atomic E-state index is -0.325. The largest absolute Gasteiger partial charge is 0.367 e. The molecule has 2 aromatic carbocycles. The number of hydrogen-bond donors (Lipinski definition) is 3. The van der Waals surface area contributed by atoms with Crippen molar-refractivity contribution >= 4 is 22.8 Å². The van der Waals surface area contributed by atoms with E-state index in [1.54, 1.807) is 6.07 Å². The van der Waals surface area contributed by atoms with Gasteiger partial charge in [-0.05, 0) is 19.1 Å². The zero-order valence-corrected chi connectivity index (χ0v) is 12.6. The number of hydrogen-bond acceptors (Lipinski definition) is 4. The molecule has 1 atom stereocenters. The number of nitrogens with zero attached hydrogens (tertiary/aromatic N) is 2. The summed E-state index contributed by atoms with van der Waals surface area (Å²) in [6, 6.07) is 15.6. The lowest BCUT2D eigenvalue weighted by molar-refractivity contribution is -0.677. The van der Waals surface area contributed by atoms with Gasteiger partial charge in [0.2, 0.25) is 6.17 Å². The third-order valence-corrected chi connectivity index (χ3v) is 4.01. The molecule has 0 saturated carbocycles. The van der Waals surface area contributed by atoms with Crippen molar-refractivity contribution in [3.8, 4) is 0 Å². The SMILES string of the molecule is Cc1ccc([C@@H]2N=C(N)Nc3[nH]c(=O)c4ccccc4[n+]32)cc1. The van der Waals surface area contributed by atoms with Gasteiger partial charge in [0.25, 0.3) is 5.96 Å². The van der Waals surface area contributed by atoms with Crippen LogP contribution in [0.2, 0.25) is 0 Å². The maximum absolute atomic E-state index is 12.3. The minimum absolute atomic E-state index is 0.156. The zero-order chi connectivity index (χ0) is 16.0.